The molecule has 0 aliphatic carbocycles. The van der Waals surface area contributed by atoms with Gasteiger partial charge in [-0.25, -0.2) is 17.2 Å². The molecule has 0 spiro atoms. The summed E-state index contributed by atoms with van der Waals surface area (Å²) in [7, 11) is -3.00. The van der Waals surface area contributed by atoms with Crippen LogP contribution in [0.4, 0.5) is 8.78 Å². The zero-order valence-electron chi connectivity index (χ0n) is 9.77. The summed E-state index contributed by atoms with van der Waals surface area (Å²) in [6.07, 6.45) is 0.657. The molecule has 18 heavy (non-hydrogen) atoms. The van der Waals surface area contributed by atoms with Crippen LogP contribution in [0, 0.1) is 17.6 Å². The van der Waals surface area contributed by atoms with Crippen LogP contribution in [-0.2, 0) is 16.3 Å². The predicted molar refractivity (Wildman–Crippen MR) is 64.8 cm³/mol. The van der Waals surface area contributed by atoms with Crippen molar-refractivity contribution in [2.45, 2.75) is 18.9 Å². The van der Waals surface area contributed by atoms with Crippen molar-refractivity contribution < 1.29 is 17.2 Å². The number of hydrogen-bond donors (Lipinski definition) is 1. The second kappa shape index (κ2) is 4.93. The lowest BCUT2D eigenvalue weighted by Gasteiger charge is -2.18. The maximum Gasteiger partial charge on any atom is 0.162 e. The standard InChI is InChI=1S/C12H15F2NO2S/c13-10-3-1-2-8(12(10)14)6-11(15)9-4-5-18(16,17)7-9/h1-3,9,11H,4-7,15H2. The van der Waals surface area contributed by atoms with E-state index in [2.05, 4.69) is 0 Å². The summed E-state index contributed by atoms with van der Waals surface area (Å²) in [6.45, 7) is 0. The van der Waals surface area contributed by atoms with Crippen molar-refractivity contribution in [1.29, 1.82) is 0 Å². The van der Waals surface area contributed by atoms with Gasteiger partial charge in [0, 0.05) is 6.04 Å². The van der Waals surface area contributed by atoms with E-state index in [1.54, 1.807) is 0 Å². The SMILES string of the molecule is NC(Cc1cccc(F)c1F)C1CCS(=O)(=O)C1. The Bertz CT molecular complexity index is 545. The van der Waals surface area contributed by atoms with E-state index in [1.165, 1.54) is 12.1 Å². The topological polar surface area (TPSA) is 60.2 Å². The van der Waals surface area contributed by atoms with E-state index in [1.807, 2.05) is 0 Å². The van der Waals surface area contributed by atoms with Crippen LogP contribution in [-0.4, -0.2) is 26.0 Å². The zero-order chi connectivity index (χ0) is 13.3. The molecule has 1 heterocycles. The predicted octanol–water partition coefficient (Wildman–Crippen LogP) is 1.27. The third-order valence-corrected chi connectivity index (χ3v) is 5.15. The maximum absolute atomic E-state index is 13.5. The lowest BCUT2D eigenvalue weighted by molar-refractivity contribution is 0.443. The van der Waals surface area contributed by atoms with Gasteiger partial charge in [-0.2, -0.15) is 0 Å². The fourth-order valence-electron chi connectivity index (χ4n) is 2.29. The van der Waals surface area contributed by atoms with Crippen LogP contribution >= 0.6 is 0 Å². The number of halogens is 2. The Morgan fingerprint density at radius 1 is 1.39 bits per heavy atom. The minimum Gasteiger partial charge on any atom is -0.327 e. The van der Waals surface area contributed by atoms with Crippen molar-refractivity contribution in [3.8, 4) is 0 Å². The molecule has 1 saturated heterocycles. The average Bonchev–Trinajstić information content (AvgIpc) is 2.65. The molecule has 0 saturated carbocycles. The molecule has 2 rings (SSSR count). The molecule has 0 aromatic heterocycles. The number of rotatable bonds is 3. The van der Waals surface area contributed by atoms with E-state index in [9.17, 15) is 17.2 Å². The molecule has 3 nitrogen and oxygen atoms in total. The minimum atomic E-state index is -3.00. The maximum atomic E-state index is 13.5. The molecule has 0 radical (unpaired) electrons. The van der Waals surface area contributed by atoms with Crippen LogP contribution < -0.4 is 5.73 Å². The minimum absolute atomic E-state index is 0.0467. The summed E-state index contributed by atoms with van der Waals surface area (Å²) >= 11 is 0. The van der Waals surface area contributed by atoms with Gasteiger partial charge in [-0.05, 0) is 30.4 Å². The van der Waals surface area contributed by atoms with Gasteiger partial charge < -0.3 is 5.73 Å². The van der Waals surface area contributed by atoms with Gasteiger partial charge in [0.05, 0.1) is 11.5 Å². The average molecular weight is 275 g/mol. The van der Waals surface area contributed by atoms with E-state index in [0.717, 1.165) is 6.07 Å². The van der Waals surface area contributed by atoms with Gasteiger partial charge in [0.2, 0.25) is 0 Å². The van der Waals surface area contributed by atoms with Gasteiger partial charge in [-0.3, -0.25) is 0 Å². The highest BCUT2D eigenvalue weighted by atomic mass is 32.2. The van der Waals surface area contributed by atoms with Crippen LogP contribution in [0.15, 0.2) is 18.2 Å². The van der Waals surface area contributed by atoms with Gasteiger partial charge >= 0.3 is 0 Å². The Balaban J connectivity index is 2.08. The third-order valence-electron chi connectivity index (χ3n) is 3.36. The zero-order valence-corrected chi connectivity index (χ0v) is 10.6. The molecule has 2 unspecified atom stereocenters. The van der Waals surface area contributed by atoms with Crippen LogP contribution in [0.2, 0.25) is 0 Å². The summed E-state index contributed by atoms with van der Waals surface area (Å²) in [5.41, 5.74) is 6.10. The molecule has 2 atom stereocenters. The summed E-state index contributed by atoms with van der Waals surface area (Å²) in [5, 5.41) is 0. The highest BCUT2D eigenvalue weighted by Crippen LogP contribution is 2.23. The Morgan fingerprint density at radius 2 is 2.11 bits per heavy atom. The Morgan fingerprint density at radius 3 is 2.72 bits per heavy atom. The number of sulfone groups is 1. The highest BCUT2D eigenvalue weighted by Gasteiger charge is 2.32. The first-order valence-electron chi connectivity index (χ1n) is 5.78. The number of hydrogen-bond acceptors (Lipinski definition) is 3. The normalized spacial score (nSPS) is 24.1. The lowest BCUT2D eigenvalue weighted by atomic mass is 9.93. The Labute approximate surface area is 105 Å². The molecular weight excluding hydrogens is 260 g/mol. The quantitative estimate of drug-likeness (QED) is 0.903. The second-order valence-electron chi connectivity index (χ2n) is 4.74. The summed E-state index contributed by atoms with van der Waals surface area (Å²) < 4.78 is 49.1. The molecule has 1 aromatic rings. The first kappa shape index (κ1) is 13.4. The first-order chi connectivity index (χ1) is 8.39. The second-order valence-corrected chi connectivity index (χ2v) is 6.97. The molecule has 1 aliphatic rings. The summed E-state index contributed by atoms with van der Waals surface area (Å²) in [6, 6.07) is 3.48. The van der Waals surface area contributed by atoms with Crippen LogP contribution in [0.5, 0.6) is 0 Å². The van der Waals surface area contributed by atoms with Crippen molar-refractivity contribution in [2.24, 2.45) is 11.7 Å². The molecule has 1 aromatic carbocycles. The van der Waals surface area contributed by atoms with Gasteiger partial charge in [0.1, 0.15) is 0 Å². The van der Waals surface area contributed by atoms with Crippen molar-refractivity contribution >= 4 is 9.84 Å². The van der Waals surface area contributed by atoms with Crippen LogP contribution in [0.1, 0.15) is 12.0 Å². The molecule has 0 bridgehead atoms. The number of nitrogens with two attached hydrogens (primary N) is 1. The fraction of sp³-hybridized carbons (Fsp3) is 0.500. The number of benzene rings is 1. The fourth-order valence-corrected chi connectivity index (χ4v) is 4.18. The van der Waals surface area contributed by atoms with Crippen molar-refractivity contribution in [1.82, 2.24) is 0 Å². The molecule has 1 fully saturated rings. The van der Waals surface area contributed by atoms with Crippen LogP contribution in [0.25, 0.3) is 0 Å². The third kappa shape index (κ3) is 2.87. The van der Waals surface area contributed by atoms with Gasteiger partial charge in [0.15, 0.2) is 21.5 Å². The van der Waals surface area contributed by atoms with Crippen molar-refractivity contribution in [2.75, 3.05) is 11.5 Å². The molecule has 100 valence electrons. The molecule has 0 amide bonds. The molecular formula is C12H15F2NO2S. The van der Waals surface area contributed by atoms with Gasteiger partial charge in [0.25, 0.3) is 0 Å². The molecule has 2 N–H and O–H groups in total. The van der Waals surface area contributed by atoms with E-state index >= 15 is 0 Å². The van der Waals surface area contributed by atoms with Gasteiger partial charge in [-0.1, -0.05) is 12.1 Å². The van der Waals surface area contributed by atoms with E-state index in [-0.39, 0.29) is 29.4 Å². The monoisotopic (exact) mass is 275 g/mol. The van der Waals surface area contributed by atoms with E-state index in [0.29, 0.717) is 6.42 Å². The summed E-state index contributed by atoms with van der Waals surface area (Å²) in [5.74, 6) is -1.78. The Hall–Kier alpha value is -1.01. The van der Waals surface area contributed by atoms with E-state index < -0.39 is 27.5 Å². The summed E-state index contributed by atoms with van der Waals surface area (Å²) in [4.78, 5) is 0. The lowest BCUT2D eigenvalue weighted by Crippen LogP contribution is -2.33. The largest absolute Gasteiger partial charge is 0.327 e. The van der Waals surface area contributed by atoms with Crippen molar-refractivity contribution in [3.05, 3.63) is 35.4 Å². The Kier molecular flexibility index (Phi) is 3.68. The van der Waals surface area contributed by atoms with Crippen LogP contribution in [0.3, 0.4) is 0 Å². The first-order valence-corrected chi connectivity index (χ1v) is 7.60. The van der Waals surface area contributed by atoms with E-state index in [4.69, 9.17) is 5.73 Å². The smallest absolute Gasteiger partial charge is 0.162 e. The molecule has 1 aliphatic heterocycles. The van der Waals surface area contributed by atoms with Crippen molar-refractivity contribution in [3.63, 3.8) is 0 Å². The molecule has 6 heteroatoms. The highest BCUT2D eigenvalue weighted by molar-refractivity contribution is 7.91. The van der Waals surface area contributed by atoms with Gasteiger partial charge in [-0.15, -0.1) is 0 Å².